The molecule has 0 atom stereocenters. The summed E-state index contributed by atoms with van der Waals surface area (Å²) in [5.41, 5.74) is 0. The Balaban J connectivity index is 2.60. The monoisotopic (exact) mass is 272 g/mol. The van der Waals surface area contributed by atoms with Crippen LogP contribution in [0, 0.1) is 0 Å². The van der Waals surface area contributed by atoms with Crippen LogP contribution in [0.15, 0.2) is 6.07 Å². The topological polar surface area (TPSA) is 66.8 Å². The predicted octanol–water partition coefficient (Wildman–Crippen LogP) is 3.11. The molecular formula is C13H20O4S. The summed E-state index contributed by atoms with van der Waals surface area (Å²) in [6.07, 6.45) is 2.47. The van der Waals surface area contributed by atoms with Crippen molar-refractivity contribution in [2.75, 3.05) is 13.2 Å². The fraction of sp³-hybridized carbons (Fsp3) is 0.615. The summed E-state index contributed by atoms with van der Waals surface area (Å²) in [6.45, 7) is 4.75. The van der Waals surface area contributed by atoms with Crippen molar-refractivity contribution in [2.24, 2.45) is 0 Å². The summed E-state index contributed by atoms with van der Waals surface area (Å²) in [4.78, 5) is 12.4. The SMILES string of the molecule is CC(C)c1cc(OCCCCCO)c(C(=O)O)s1. The summed E-state index contributed by atoms with van der Waals surface area (Å²) in [6, 6.07) is 1.82. The van der Waals surface area contributed by atoms with Crippen molar-refractivity contribution in [3.8, 4) is 5.75 Å². The third-order valence-corrected chi connectivity index (χ3v) is 3.95. The highest BCUT2D eigenvalue weighted by Crippen LogP contribution is 2.33. The number of unbranched alkanes of at least 4 members (excludes halogenated alkanes) is 2. The first-order chi connectivity index (χ1) is 8.56. The number of ether oxygens (including phenoxy) is 1. The van der Waals surface area contributed by atoms with Gasteiger partial charge in [0.2, 0.25) is 0 Å². The lowest BCUT2D eigenvalue weighted by Crippen LogP contribution is -2.01. The number of aliphatic hydroxyl groups is 1. The molecule has 0 aromatic carbocycles. The lowest BCUT2D eigenvalue weighted by molar-refractivity contribution is 0.0698. The van der Waals surface area contributed by atoms with Crippen LogP contribution in [0.25, 0.3) is 0 Å². The Morgan fingerprint density at radius 3 is 2.67 bits per heavy atom. The maximum absolute atomic E-state index is 11.1. The third-order valence-electron chi connectivity index (χ3n) is 2.54. The van der Waals surface area contributed by atoms with Crippen molar-refractivity contribution in [1.82, 2.24) is 0 Å². The molecule has 1 heterocycles. The van der Waals surface area contributed by atoms with Gasteiger partial charge in [-0.2, -0.15) is 0 Å². The molecule has 4 nitrogen and oxygen atoms in total. The molecule has 0 aliphatic rings. The fourth-order valence-corrected chi connectivity index (χ4v) is 2.45. The van der Waals surface area contributed by atoms with Gasteiger partial charge in [0.05, 0.1) is 6.61 Å². The van der Waals surface area contributed by atoms with Gasteiger partial charge in [-0.05, 0) is 31.2 Å². The highest BCUT2D eigenvalue weighted by molar-refractivity contribution is 7.14. The number of carboxylic acid groups (broad SMARTS) is 1. The molecule has 102 valence electrons. The number of thiophene rings is 1. The van der Waals surface area contributed by atoms with Crippen LogP contribution >= 0.6 is 11.3 Å². The number of hydrogen-bond acceptors (Lipinski definition) is 4. The van der Waals surface area contributed by atoms with E-state index >= 15 is 0 Å². The molecule has 5 heteroatoms. The first-order valence-electron chi connectivity index (χ1n) is 6.17. The van der Waals surface area contributed by atoms with Gasteiger partial charge in [-0.1, -0.05) is 13.8 Å². The zero-order valence-corrected chi connectivity index (χ0v) is 11.6. The number of aromatic carboxylic acids is 1. The first-order valence-corrected chi connectivity index (χ1v) is 6.98. The zero-order chi connectivity index (χ0) is 13.5. The van der Waals surface area contributed by atoms with Crippen molar-refractivity contribution in [2.45, 2.75) is 39.0 Å². The maximum Gasteiger partial charge on any atom is 0.349 e. The van der Waals surface area contributed by atoms with Crippen LogP contribution in [0.5, 0.6) is 5.75 Å². The largest absolute Gasteiger partial charge is 0.492 e. The minimum Gasteiger partial charge on any atom is -0.492 e. The van der Waals surface area contributed by atoms with Gasteiger partial charge in [-0.25, -0.2) is 4.79 Å². The molecule has 0 bridgehead atoms. The molecule has 0 amide bonds. The van der Waals surface area contributed by atoms with Crippen LogP contribution < -0.4 is 4.74 Å². The average molecular weight is 272 g/mol. The fourth-order valence-electron chi connectivity index (χ4n) is 1.51. The standard InChI is InChI=1S/C13H20O4S/c1-9(2)11-8-10(12(18-11)13(15)16)17-7-5-3-4-6-14/h8-9,14H,3-7H2,1-2H3,(H,15,16). The molecule has 0 radical (unpaired) electrons. The zero-order valence-electron chi connectivity index (χ0n) is 10.8. The molecular weight excluding hydrogens is 252 g/mol. The third kappa shape index (κ3) is 4.31. The Labute approximate surface area is 111 Å². The molecule has 1 aromatic rings. The molecule has 18 heavy (non-hydrogen) atoms. The molecule has 1 aromatic heterocycles. The van der Waals surface area contributed by atoms with Gasteiger partial charge in [-0.3, -0.25) is 0 Å². The van der Waals surface area contributed by atoms with E-state index in [1.165, 1.54) is 11.3 Å². The normalized spacial score (nSPS) is 10.9. The predicted molar refractivity (Wildman–Crippen MR) is 71.8 cm³/mol. The molecule has 0 unspecified atom stereocenters. The van der Waals surface area contributed by atoms with Crippen LogP contribution in [-0.4, -0.2) is 29.4 Å². The van der Waals surface area contributed by atoms with Crippen LogP contribution in [0.2, 0.25) is 0 Å². The van der Waals surface area contributed by atoms with Gasteiger partial charge in [0, 0.05) is 11.5 Å². The summed E-state index contributed by atoms with van der Waals surface area (Å²) in [7, 11) is 0. The summed E-state index contributed by atoms with van der Waals surface area (Å²) in [5.74, 6) is -0.155. The van der Waals surface area contributed by atoms with E-state index in [9.17, 15) is 4.79 Å². The van der Waals surface area contributed by atoms with Crippen LogP contribution in [0.4, 0.5) is 0 Å². The summed E-state index contributed by atoms with van der Waals surface area (Å²) in [5, 5.41) is 17.7. The van der Waals surface area contributed by atoms with E-state index < -0.39 is 5.97 Å². The molecule has 0 aliphatic heterocycles. The Hall–Kier alpha value is -1.07. The minimum atomic E-state index is -0.933. The van der Waals surface area contributed by atoms with Gasteiger partial charge in [0.1, 0.15) is 5.75 Å². The Morgan fingerprint density at radius 1 is 1.39 bits per heavy atom. The van der Waals surface area contributed by atoms with Crippen molar-refractivity contribution in [1.29, 1.82) is 0 Å². The van der Waals surface area contributed by atoms with Crippen LogP contribution in [0.3, 0.4) is 0 Å². The van der Waals surface area contributed by atoms with Crippen molar-refractivity contribution in [3.05, 3.63) is 15.8 Å². The average Bonchev–Trinajstić information content (AvgIpc) is 2.73. The maximum atomic E-state index is 11.1. The van der Waals surface area contributed by atoms with Gasteiger partial charge in [0.25, 0.3) is 0 Å². The van der Waals surface area contributed by atoms with E-state index in [1.54, 1.807) is 0 Å². The number of carbonyl (C=O) groups is 1. The molecule has 2 N–H and O–H groups in total. The first kappa shape index (κ1) is 15.0. The van der Waals surface area contributed by atoms with Crippen LogP contribution in [-0.2, 0) is 0 Å². The molecule has 0 saturated carbocycles. The lowest BCUT2D eigenvalue weighted by Gasteiger charge is -2.04. The second-order valence-electron chi connectivity index (χ2n) is 4.43. The van der Waals surface area contributed by atoms with E-state index in [-0.39, 0.29) is 11.5 Å². The Bertz CT molecular complexity index is 384. The molecule has 0 spiro atoms. The minimum absolute atomic E-state index is 0.191. The number of rotatable bonds is 8. The van der Waals surface area contributed by atoms with Gasteiger partial charge in [0.15, 0.2) is 4.88 Å². The lowest BCUT2D eigenvalue weighted by atomic mass is 10.2. The van der Waals surface area contributed by atoms with E-state index in [4.69, 9.17) is 14.9 Å². The quantitative estimate of drug-likeness (QED) is 0.714. The van der Waals surface area contributed by atoms with E-state index in [0.29, 0.717) is 18.3 Å². The Kier molecular flexibility index (Phi) is 6.15. The van der Waals surface area contributed by atoms with E-state index in [1.807, 2.05) is 19.9 Å². The smallest absolute Gasteiger partial charge is 0.349 e. The number of carboxylic acids is 1. The van der Waals surface area contributed by atoms with E-state index in [2.05, 4.69) is 0 Å². The van der Waals surface area contributed by atoms with Crippen molar-refractivity contribution >= 4 is 17.3 Å². The summed E-state index contributed by atoms with van der Waals surface area (Å²) >= 11 is 1.28. The summed E-state index contributed by atoms with van der Waals surface area (Å²) < 4.78 is 5.52. The van der Waals surface area contributed by atoms with E-state index in [0.717, 1.165) is 24.1 Å². The van der Waals surface area contributed by atoms with Gasteiger partial charge >= 0.3 is 5.97 Å². The highest BCUT2D eigenvalue weighted by atomic mass is 32.1. The molecule has 0 aliphatic carbocycles. The Morgan fingerprint density at radius 2 is 2.11 bits per heavy atom. The number of aliphatic hydroxyl groups excluding tert-OH is 1. The molecule has 0 saturated heterocycles. The molecule has 1 rings (SSSR count). The molecule has 0 fully saturated rings. The van der Waals surface area contributed by atoms with Crippen molar-refractivity contribution < 1.29 is 19.7 Å². The number of hydrogen-bond donors (Lipinski definition) is 2. The van der Waals surface area contributed by atoms with Gasteiger partial charge < -0.3 is 14.9 Å². The van der Waals surface area contributed by atoms with Crippen molar-refractivity contribution in [3.63, 3.8) is 0 Å². The highest BCUT2D eigenvalue weighted by Gasteiger charge is 2.18. The van der Waals surface area contributed by atoms with Crippen LogP contribution in [0.1, 0.15) is 53.6 Å². The second kappa shape index (κ2) is 7.38. The van der Waals surface area contributed by atoms with Gasteiger partial charge in [-0.15, -0.1) is 11.3 Å². The second-order valence-corrected chi connectivity index (χ2v) is 5.52.